The Morgan fingerprint density at radius 2 is 1.97 bits per heavy atom. The fourth-order valence-electron chi connectivity index (χ4n) is 3.01. The zero-order valence-corrected chi connectivity index (χ0v) is 16.7. The topological polar surface area (TPSA) is 106 Å². The summed E-state index contributed by atoms with van der Waals surface area (Å²) in [5.41, 5.74) is 3.05. The van der Waals surface area contributed by atoms with E-state index in [-0.39, 0.29) is 29.1 Å². The molecule has 1 aromatic carbocycles. The van der Waals surface area contributed by atoms with Crippen LogP contribution in [0.2, 0.25) is 0 Å². The van der Waals surface area contributed by atoms with Gasteiger partial charge in [0.15, 0.2) is 5.65 Å². The van der Waals surface area contributed by atoms with Crippen LogP contribution in [0.1, 0.15) is 54.7 Å². The monoisotopic (exact) mass is 396 g/mol. The number of H-pyrrole nitrogens is 1. The molecule has 1 amide bonds. The number of hydrogen-bond donors (Lipinski definition) is 2. The van der Waals surface area contributed by atoms with E-state index in [4.69, 9.17) is 4.84 Å². The Morgan fingerprint density at radius 1 is 1.24 bits per heavy atom. The lowest BCUT2D eigenvalue weighted by molar-refractivity contribution is 0.0234. The maximum absolute atomic E-state index is 12.8. The molecule has 0 aliphatic heterocycles. The standard InChI is InChI=1S/C21H24N4O4/c1-4-10-25-18-17(20(27)23-21(25)28)15(11-16(22-18)13(2)3)19(26)24-29-12-14-8-6-5-7-9-14/h5-9,11,13H,4,10,12H2,1-3H3,(H,24,26)(H,23,27,28). The molecule has 152 valence electrons. The minimum absolute atomic E-state index is 0.000605. The summed E-state index contributed by atoms with van der Waals surface area (Å²) in [6, 6.07) is 11.0. The van der Waals surface area contributed by atoms with Crippen LogP contribution in [0.15, 0.2) is 46.0 Å². The van der Waals surface area contributed by atoms with Gasteiger partial charge in [0.2, 0.25) is 0 Å². The lowest BCUT2D eigenvalue weighted by atomic mass is 10.0. The van der Waals surface area contributed by atoms with Crippen molar-refractivity contribution in [1.29, 1.82) is 0 Å². The van der Waals surface area contributed by atoms with Crippen molar-refractivity contribution < 1.29 is 9.63 Å². The number of carbonyl (C=O) groups excluding carboxylic acids is 1. The lowest BCUT2D eigenvalue weighted by Gasteiger charge is -2.14. The molecule has 2 heterocycles. The van der Waals surface area contributed by atoms with E-state index < -0.39 is 17.2 Å². The maximum atomic E-state index is 12.8. The molecular weight excluding hydrogens is 372 g/mol. The van der Waals surface area contributed by atoms with Crippen LogP contribution in [0, 0.1) is 0 Å². The number of aromatic nitrogens is 3. The maximum Gasteiger partial charge on any atom is 0.329 e. The Hall–Kier alpha value is -3.26. The fourth-order valence-corrected chi connectivity index (χ4v) is 3.01. The minimum atomic E-state index is -0.645. The first-order valence-corrected chi connectivity index (χ1v) is 9.56. The summed E-state index contributed by atoms with van der Waals surface area (Å²) in [6.45, 7) is 6.34. The molecule has 3 aromatic rings. The molecule has 8 heteroatoms. The summed E-state index contributed by atoms with van der Waals surface area (Å²) in [7, 11) is 0. The third kappa shape index (κ3) is 4.43. The summed E-state index contributed by atoms with van der Waals surface area (Å²) in [4.78, 5) is 49.7. The average Bonchev–Trinajstić information content (AvgIpc) is 2.70. The highest BCUT2D eigenvalue weighted by Crippen LogP contribution is 2.20. The van der Waals surface area contributed by atoms with Crippen LogP contribution in [0.25, 0.3) is 11.0 Å². The minimum Gasteiger partial charge on any atom is -0.278 e. The number of nitrogens with one attached hydrogen (secondary N) is 2. The summed E-state index contributed by atoms with van der Waals surface area (Å²) < 4.78 is 1.39. The van der Waals surface area contributed by atoms with Gasteiger partial charge in [0, 0.05) is 12.2 Å². The van der Waals surface area contributed by atoms with Crippen molar-refractivity contribution in [2.75, 3.05) is 0 Å². The van der Waals surface area contributed by atoms with Crippen LogP contribution in [0.3, 0.4) is 0 Å². The van der Waals surface area contributed by atoms with E-state index in [0.717, 1.165) is 5.56 Å². The van der Waals surface area contributed by atoms with Crippen molar-refractivity contribution in [2.45, 2.75) is 46.3 Å². The average molecular weight is 396 g/mol. The quantitative estimate of drug-likeness (QED) is 0.597. The first-order valence-electron chi connectivity index (χ1n) is 9.56. The second kappa shape index (κ2) is 8.83. The van der Waals surface area contributed by atoms with E-state index in [9.17, 15) is 14.4 Å². The van der Waals surface area contributed by atoms with E-state index >= 15 is 0 Å². The second-order valence-electron chi connectivity index (χ2n) is 7.06. The van der Waals surface area contributed by atoms with E-state index in [0.29, 0.717) is 18.7 Å². The normalized spacial score (nSPS) is 11.2. The van der Waals surface area contributed by atoms with Crippen LogP contribution >= 0.6 is 0 Å². The van der Waals surface area contributed by atoms with Crippen LogP contribution < -0.4 is 16.7 Å². The number of aryl methyl sites for hydroxylation is 1. The van der Waals surface area contributed by atoms with Gasteiger partial charge in [0.1, 0.15) is 0 Å². The number of hydroxylamine groups is 1. The largest absolute Gasteiger partial charge is 0.329 e. The van der Waals surface area contributed by atoms with Crippen LogP contribution in [0.5, 0.6) is 0 Å². The van der Waals surface area contributed by atoms with Gasteiger partial charge in [-0.3, -0.25) is 24.0 Å². The van der Waals surface area contributed by atoms with Crippen molar-refractivity contribution >= 4 is 16.9 Å². The van der Waals surface area contributed by atoms with Gasteiger partial charge < -0.3 is 0 Å². The van der Waals surface area contributed by atoms with E-state index in [1.165, 1.54) is 4.57 Å². The highest BCUT2D eigenvalue weighted by Gasteiger charge is 2.20. The van der Waals surface area contributed by atoms with Gasteiger partial charge in [0.25, 0.3) is 11.5 Å². The molecule has 0 atom stereocenters. The van der Waals surface area contributed by atoms with Gasteiger partial charge in [-0.25, -0.2) is 15.3 Å². The molecule has 2 aromatic heterocycles. The highest BCUT2D eigenvalue weighted by molar-refractivity contribution is 6.04. The Morgan fingerprint density at radius 3 is 2.62 bits per heavy atom. The van der Waals surface area contributed by atoms with Gasteiger partial charge >= 0.3 is 5.69 Å². The second-order valence-corrected chi connectivity index (χ2v) is 7.06. The molecular formula is C21H24N4O4. The number of hydrogen-bond acceptors (Lipinski definition) is 5. The van der Waals surface area contributed by atoms with Gasteiger partial charge in [-0.15, -0.1) is 0 Å². The predicted octanol–water partition coefficient (Wildman–Crippen LogP) is 2.48. The highest BCUT2D eigenvalue weighted by atomic mass is 16.6. The number of amides is 1. The SMILES string of the molecule is CCCn1c(=O)[nH]c(=O)c2c(C(=O)NOCc3ccccc3)cc(C(C)C)nc21. The molecule has 0 spiro atoms. The van der Waals surface area contributed by atoms with Crippen LogP contribution in [0.4, 0.5) is 0 Å². The van der Waals surface area contributed by atoms with Crippen molar-refractivity contribution in [3.05, 3.63) is 74.1 Å². The molecule has 8 nitrogen and oxygen atoms in total. The molecule has 0 radical (unpaired) electrons. The Labute approximate surface area is 167 Å². The van der Waals surface area contributed by atoms with Gasteiger partial charge in [-0.05, 0) is 24.0 Å². The van der Waals surface area contributed by atoms with Crippen molar-refractivity contribution in [3.63, 3.8) is 0 Å². The molecule has 0 aliphatic carbocycles. The lowest BCUT2D eigenvalue weighted by Crippen LogP contribution is -2.33. The first kappa shape index (κ1) is 20.5. The predicted molar refractivity (Wildman–Crippen MR) is 110 cm³/mol. The smallest absolute Gasteiger partial charge is 0.278 e. The number of carbonyl (C=O) groups is 1. The number of aromatic amines is 1. The van der Waals surface area contributed by atoms with Crippen molar-refractivity contribution in [2.24, 2.45) is 0 Å². The number of fused-ring (bicyclic) bond motifs is 1. The van der Waals surface area contributed by atoms with E-state index in [1.807, 2.05) is 51.1 Å². The Balaban J connectivity index is 2.03. The number of benzene rings is 1. The zero-order chi connectivity index (χ0) is 21.0. The summed E-state index contributed by atoms with van der Waals surface area (Å²) >= 11 is 0. The van der Waals surface area contributed by atoms with E-state index in [2.05, 4.69) is 15.4 Å². The van der Waals surface area contributed by atoms with Crippen molar-refractivity contribution in [1.82, 2.24) is 20.0 Å². The molecule has 29 heavy (non-hydrogen) atoms. The number of rotatable bonds is 7. The van der Waals surface area contributed by atoms with Gasteiger partial charge in [-0.1, -0.05) is 51.1 Å². The Bertz CT molecular complexity index is 1130. The molecule has 0 fully saturated rings. The molecule has 3 rings (SSSR count). The first-order chi connectivity index (χ1) is 13.9. The summed E-state index contributed by atoms with van der Waals surface area (Å²) in [6.07, 6.45) is 0.677. The van der Waals surface area contributed by atoms with Gasteiger partial charge in [-0.2, -0.15) is 0 Å². The summed E-state index contributed by atoms with van der Waals surface area (Å²) in [5, 5.41) is 0.0725. The molecule has 0 unspecified atom stereocenters. The molecule has 2 N–H and O–H groups in total. The third-order valence-corrected chi connectivity index (χ3v) is 4.50. The Kier molecular flexibility index (Phi) is 6.23. The fraction of sp³-hybridized carbons (Fsp3) is 0.333. The molecule has 0 saturated heterocycles. The van der Waals surface area contributed by atoms with Crippen LogP contribution in [-0.4, -0.2) is 20.4 Å². The zero-order valence-electron chi connectivity index (χ0n) is 16.7. The van der Waals surface area contributed by atoms with Gasteiger partial charge in [0.05, 0.1) is 17.6 Å². The van der Waals surface area contributed by atoms with Crippen molar-refractivity contribution in [3.8, 4) is 0 Å². The summed E-state index contributed by atoms with van der Waals surface area (Å²) in [5.74, 6) is -0.567. The molecule has 0 bridgehead atoms. The van der Waals surface area contributed by atoms with E-state index in [1.54, 1.807) is 6.07 Å². The third-order valence-electron chi connectivity index (χ3n) is 4.50. The molecule has 0 aliphatic rings. The number of pyridine rings is 1. The number of nitrogens with zero attached hydrogens (tertiary/aromatic N) is 2. The molecule has 0 saturated carbocycles. The van der Waals surface area contributed by atoms with Crippen LogP contribution in [-0.2, 0) is 18.0 Å².